The molecule has 3 aromatic rings. The van der Waals surface area contributed by atoms with Gasteiger partial charge in [-0.05, 0) is 24.5 Å². The van der Waals surface area contributed by atoms with Crippen LogP contribution in [0.25, 0.3) is 11.2 Å². The van der Waals surface area contributed by atoms with E-state index in [9.17, 15) is 4.79 Å². The number of carbonyl (C=O) groups excluding carboxylic acids is 1. The van der Waals surface area contributed by atoms with E-state index in [0.717, 1.165) is 43.7 Å². The van der Waals surface area contributed by atoms with Gasteiger partial charge in [0.05, 0.1) is 25.1 Å². The van der Waals surface area contributed by atoms with Crippen LogP contribution in [-0.4, -0.2) is 52.8 Å². The highest BCUT2D eigenvalue weighted by molar-refractivity contribution is 5.96. The van der Waals surface area contributed by atoms with Crippen LogP contribution in [0.2, 0.25) is 0 Å². The number of hydrogen-bond acceptors (Lipinski definition) is 5. The highest BCUT2D eigenvalue weighted by Crippen LogP contribution is 2.13. The van der Waals surface area contributed by atoms with Crippen LogP contribution in [0, 0.1) is 0 Å². The first-order valence-electron chi connectivity index (χ1n) is 9.74. The minimum absolute atomic E-state index is 0. The quantitative estimate of drug-likeness (QED) is 0.576. The molecule has 30 heavy (non-hydrogen) atoms. The van der Waals surface area contributed by atoms with Crippen LogP contribution < -0.4 is 10.6 Å². The van der Waals surface area contributed by atoms with Crippen LogP contribution in [0.15, 0.2) is 48.9 Å². The van der Waals surface area contributed by atoms with Crippen molar-refractivity contribution in [2.45, 2.75) is 25.4 Å². The van der Waals surface area contributed by atoms with Crippen molar-refractivity contribution in [1.29, 1.82) is 0 Å². The molecule has 1 saturated heterocycles. The summed E-state index contributed by atoms with van der Waals surface area (Å²) >= 11 is 0. The average Bonchev–Trinajstić information content (AvgIpc) is 3.16. The van der Waals surface area contributed by atoms with E-state index in [4.69, 9.17) is 4.74 Å². The van der Waals surface area contributed by atoms with Crippen molar-refractivity contribution in [3.63, 3.8) is 0 Å². The van der Waals surface area contributed by atoms with E-state index in [-0.39, 0.29) is 30.7 Å². The summed E-state index contributed by atoms with van der Waals surface area (Å²) in [6, 6.07) is 12.4. The van der Waals surface area contributed by atoms with Gasteiger partial charge in [-0.3, -0.25) is 4.79 Å². The molecule has 162 valence electrons. The maximum Gasteiger partial charge on any atom is 0.252 e. The van der Waals surface area contributed by atoms with Gasteiger partial charge in [-0.15, -0.1) is 24.8 Å². The Bertz CT molecular complexity index is 930. The van der Waals surface area contributed by atoms with Gasteiger partial charge >= 0.3 is 0 Å². The Hall–Kier alpha value is -2.19. The van der Waals surface area contributed by atoms with Crippen molar-refractivity contribution in [3.8, 4) is 0 Å². The Morgan fingerprint density at radius 3 is 2.83 bits per heavy atom. The lowest BCUT2D eigenvalue weighted by Crippen LogP contribution is -2.43. The van der Waals surface area contributed by atoms with E-state index >= 15 is 0 Å². The molecule has 1 aliphatic heterocycles. The van der Waals surface area contributed by atoms with Gasteiger partial charge in [0.1, 0.15) is 5.52 Å². The molecule has 0 radical (unpaired) electrons. The van der Waals surface area contributed by atoms with Gasteiger partial charge in [0.25, 0.3) is 5.91 Å². The summed E-state index contributed by atoms with van der Waals surface area (Å²) in [7, 11) is 0. The molecule has 4 rings (SSSR count). The summed E-state index contributed by atoms with van der Waals surface area (Å²) in [6.07, 6.45) is 5.17. The third kappa shape index (κ3) is 6.15. The molecule has 1 unspecified atom stereocenters. The van der Waals surface area contributed by atoms with Crippen molar-refractivity contribution < 1.29 is 9.53 Å². The monoisotopic (exact) mass is 451 g/mol. The molecule has 0 bridgehead atoms. The van der Waals surface area contributed by atoms with Gasteiger partial charge in [0.15, 0.2) is 5.65 Å². The molecule has 1 atom stereocenters. The van der Waals surface area contributed by atoms with Crippen molar-refractivity contribution in [3.05, 3.63) is 60.0 Å². The zero-order chi connectivity index (χ0) is 19.2. The van der Waals surface area contributed by atoms with Crippen LogP contribution in [0.1, 0.15) is 22.3 Å². The number of halogens is 2. The van der Waals surface area contributed by atoms with Crippen molar-refractivity contribution in [1.82, 2.24) is 25.2 Å². The Morgan fingerprint density at radius 1 is 1.23 bits per heavy atom. The average molecular weight is 452 g/mol. The number of aromatic nitrogens is 3. The lowest BCUT2D eigenvalue weighted by atomic mass is 10.1. The number of pyridine rings is 1. The molecule has 1 amide bonds. The number of imidazole rings is 1. The molecule has 7 nitrogen and oxygen atoms in total. The smallest absolute Gasteiger partial charge is 0.252 e. The number of nitrogens with one attached hydrogen (secondary N) is 2. The Morgan fingerprint density at radius 2 is 2.07 bits per heavy atom. The summed E-state index contributed by atoms with van der Waals surface area (Å²) in [5.41, 5.74) is 3.35. The number of morpholine rings is 1. The number of benzene rings is 1. The minimum Gasteiger partial charge on any atom is -0.379 e. The fourth-order valence-electron chi connectivity index (χ4n) is 3.40. The fraction of sp³-hybridized carbons (Fsp3) is 0.381. The van der Waals surface area contributed by atoms with E-state index in [1.54, 1.807) is 18.6 Å². The lowest BCUT2D eigenvalue weighted by Gasteiger charge is -2.23. The molecule has 2 N–H and O–H groups in total. The van der Waals surface area contributed by atoms with E-state index in [1.165, 1.54) is 5.56 Å². The van der Waals surface area contributed by atoms with Gasteiger partial charge in [-0.25, -0.2) is 9.97 Å². The normalized spacial score (nSPS) is 15.8. The number of ether oxygens (including phenoxy) is 1. The Balaban J connectivity index is 0.00000160. The third-order valence-corrected chi connectivity index (χ3v) is 4.98. The summed E-state index contributed by atoms with van der Waals surface area (Å²) in [5.74, 6) is -0.120. The van der Waals surface area contributed by atoms with Gasteiger partial charge in [-0.2, -0.15) is 0 Å². The Labute approximate surface area is 188 Å². The number of hydrogen-bond donors (Lipinski definition) is 2. The molecule has 2 aromatic heterocycles. The summed E-state index contributed by atoms with van der Waals surface area (Å²) in [5, 5.41) is 6.34. The van der Waals surface area contributed by atoms with Gasteiger partial charge in [0, 0.05) is 31.9 Å². The first-order valence-corrected chi connectivity index (χ1v) is 9.74. The van der Waals surface area contributed by atoms with Crippen LogP contribution >= 0.6 is 24.8 Å². The molecule has 0 aliphatic carbocycles. The van der Waals surface area contributed by atoms with E-state index in [1.807, 2.05) is 22.8 Å². The number of amides is 1. The van der Waals surface area contributed by atoms with E-state index in [2.05, 4.69) is 32.7 Å². The second-order valence-corrected chi connectivity index (χ2v) is 7.01. The third-order valence-electron chi connectivity index (χ3n) is 4.98. The molecular weight excluding hydrogens is 425 g/mol. The molecule has 9 heteroatoms. The molecular formula is C21H27Cl2N5O2. The summed E-state index contributed by atoms with van der Waals surface area (Å²) in [6.45, 7) is 3.72. The van der Waals surface area contributed by atoms with E-state index < -0.39 is 0 Å². The predicted octanol–water partition coefficient (Wildman–Crippen LogP) is 2.63. The second-order valence-electron chi connectivity index (χ2n) is 7.01. The lowest BCUT2D eigenvalue weighted by molar-refractivity contribution is 0.0733. The maximum absolute atomic E-state index is 12.4. The molecule has 1 fully saturated rings. The fourth-order valence-corrected chi connectivity index (χ4v) is 3.40. The highest BCUT2D eigenvalue weighted by atomic mass is 35.5. The second kappa shape index (κ2) is 11.9. The molecule has 0 saturated carbocycles. The zero-order valence-corrected chi connectivity index (χ0v) is 18.3. The number of carbonyl (C=O) groups is 1. The van der Waals surface area contributed by atoms with Crippen molar-refractivity contribution >= 4 is 41.9 Å². The number of fused-ring (bicyclic) bond motifs is 1. The number of nitrogens with zero attached hydrogens (tertiary/aromatic N) is 3. The standard InChI is InChI=1S/C21H25N5O2.2ClH/c27-21(23-8-6-18-14-28-11-9-22-18)17-12-19-20(24-13-17)26(15-25-19)10-7-16-4-2-1-3-5-16;;/h1-5,12-13,15,18,22H,6-11,14H2,(H,23,27);2*1H. The Kier molecular flexibility index (Phi) is 9.52. The molecule has 3 heterocycles. The largest absolute Gasteiger partial charge is 0.379 e. The van der Waals surface area contributed by atoms with Crippen LogP contribution in [-0.2, 0) is 17.7 Å². The summed E-state index contributed by atoms with van der Waals surface area (Å²) < 4.78 is 7.45. The number of aryl methyl sites for hydroxylation is 2. The van der Waals surface area contributed by atoms with Crippen LogP contribution in [0.5, 0.6) is 0 Å². The van der Waals surface area contributed by atoms with Crippen molar-refractivity contribution in [2.24, 2.45) is 0 Å². The topological polar surface area (TPSA) is 81.1 Å². The zero-order valence-electron chi connectivity index (χ0n) is 16.6. The summed E-state index contributed by atoms with van der Waals surface area (Å²) in [4.78, 5) is 21.3. The predicted molar refractivity (Wildman–Crippen MR) is 122 cm³/mol. The first kappa shape index (κ1) is 24.1. The minimum atomic E-state index is -0.120. The van der Waals surface area contributed by atoms with E-state index in [0.29, 0.717) is 24.8 Å². The van der Waals surface area contributed by atoms with Crippen LogP contribution in [0.3, 0.4) is 0 Å². The van der Waals surface area contributed by atoms with Gasteiger partial charge in [-0.1, -0.05) is 30.3 Å². The van der Waals surface area contributed by atoms with Crippen LogP contribution in [0.4, 0.5) is 0 Å². The van der Waals surface area contributed by atoms with Crippen molar-refractivity contribution in [2.75, 3.05) is 26.3 Å². The SMILES string of the molecule is Cl.Cl.O=C(NCCC1COCCN1)c1cnc2c(c1)ncn2CCc1ccccc1. The highest BCUT2D eigenvalue weighted by Gasteiger charge is 2.14. The first-order chi connectivity index (χ1) is 13.8. The molecule has 1 aromatic carbocycles. The van der Waals surface area contributed by atoms with Gasteiger partial charge < -0.3 is 19.9 Å². The number of rotatable bonds is 7. The molecule has 1 aliphatic rings. The van der Waals surface area contributed by atoms with Gasteiger partial charge in [0.2, 0.25) is 0 Å². The molecule has 0 spiro atoms. The maximum atomic E-state index is 12.4.